The van der Waals surface area contributed by atoms with Gasteiger partial charge in [-0.25, -0.2) is 9.97 Å². The highest BCUT2D eigenvalue weighted by Gasteiger charge is 2.24. The lowest BCUT2D eigenvalue weighted by Crippen LogP contribution is -2.31. The third kappa shape index (κ3) is 4.61. The lowest BCUT2D eigenvalue weighted by Gasteiger charge is -2.11. The van der Waals surface area contributed by atoms with Crippen LogP contribution in [0, 0.1) is 10.1 Å². The molecule has 0 aliphatic rings. The molecule has 1 aromatic carbocycles. The molecule has 0 bridgehead atoms. The van der Waals surface area contributed by atoms with Gasteiger partial charge in [-0.2, -0.15) is 0 Å². The van der Waals surface area contributed by atoms with E-state index in [4.69, 9.17) is 23.2 Å². The maximum atomic E-state index is 12.1. The van der Waals surface area contributed by atoms with Gasteiger partial charge in [0.15, 0.2) is 0 Å². The molecule has 0 radical (unpaired) electrons. The van der Waals surface area contributed by atoms with Crippen LogP contribution < -0.4 is 16.2 Å². The molecule has 0 atom stereocenters. The van der Waals surface area contributed by atoms with E-state index in [0.29, 0.717) is 15.7 Å². The molecule has 2 aromatic heterocycles. The summed E-state index contributed by atoms with van der Waals surface area (Å²) in [4.78, 5) is 34.5. The Balaban J connectivity index is 1.85. The van der Waals surface area contributed by atoms with Crippen LogP contribution in [0.2, 0.25) is 10.0 Å². The summed E-state index contributed by atoms with van der Waals surface area (Å²) < 4.78 is 0. The Morgan fingerprint density at radius 2 is 1.75 bits per heavy atom. The smallest absolute Gasteiger partial charge is 0.334 e. The Hall–Kier alpha value is -3.50. The maximum Gasteiger partial charge on any atom is 0.355 e. The van der Waals surface area contributed by atoms with Crippen molar-refractivity contribution in [2.24, 2.45) is 0 Å². The van der Waals surface area contributed by atoms with E-state index in [9.17, 15) is 14.9 Å². The SMILES string of the molecule is O=C(NNc1ncnc(Nc2cc(Cl)cc(Cl)c2)c1[N+](=O)[O-])c1ccccn1. The molecule has 0 spiro atoms. The number of amides is 1. The first kappa shape index (κ1) is 19.3. The number of carbonyl (C=O) groups excluding carboxylic acids is 1. The van der Waals surface area contributed by atoms with Gasteiger partial charge in [-0.1, -0.05) is 29.3 Å². The highest BCUT2D eigenvalue weighted by molar-refractivity contribution is 6.35. The van der Waals surface area contributed by atoms with Gasteiger partial charge in [0.1, 0.15) is 12.0 Å². The Bertz CT molecular complexity index is 1010. The van der Waals surface area contributed by atoms with Crippen molar-refractivity contribution in [3.8, 4) is 0 Å². The molecule has 0 saturated carbocycles. The first-order valence-electron chi connectivity index (χ1n) is 7.64. The minimum atomic E-state index is -0.691. The molecule has 3 rings (SSSR count). The summed E-state index contributed by atoms with van der Waals surface area (Å²) >= 11 is 11.9. The summed E-state index contributed by atoms with van der Waals surface area (Å²) in [5, 5.41) is 15.0. The number of rotatable bonds is 6. The van der Waals surface area contributed by atoms with E-state index in [-0.39, 0.29) is 17.3 Å². The Labute approximate surface area is 168 Å². The van der Waals surface area contributed by atoms with Gasteiger partial charge < -0.3 is 5.32 Å². The summed E-state index contributed by atoms with van der Waals surface area (Å²) in [6.45, 7) is 0. The number of anilines is 3. The minimum Gasteiger partial charge on any atom is -0.334 e. The van der Waals surface area contributed by atoms with Crippen LogP contribution in [-0.2, 0) is 0 Å². The van der Waals surface area contributed by atoms with Crippen LogP contribution in [0.25, 0.3) is 0 Å². The molecule has 3 N–H and O–H groups in total. The van der Waals surface area contributed by atoms with E-state index in [2.05, 4.69) is 31.1 Å². The molecule has 0 aliphatic heterocycles. The number of hydrogen-bond donors (Lipinski definition) is 3. The van der Waals surface area contributed by atoms with Crippen molar-refractivity contribution >= 4 is 52.1 Å². The van der Waals surface area contributed by atoms with Crippen molar-refractivity contribution in [3.05, 3.63) is 74.8 Å². The fourth-order valence-corrected chi connectivity index (χ4v) is 2.70. The van der Waals surface area contributed by atoms with Crippen molar-refractivity contribution in [2.45, 2.75) is 0 Å². The first-order chi connectivity index (χ1) is 13.4. The second kappa shape index (κ2) is 8.46. The topological polar surface area (TPSA) is 135 Å². The Kier molecular flexibility index (Phi) is 5.82. The van der Waals surface area contributed by atoms with Crippen molar-refractivity contribution < 1.29 is 9.72 Å². The van der Waals surface area contributed by atoms with Crippen LogP contribution in [-0.4, -0.2) is 25.8 Å². The van der Waals surface area contributed by atoms with E-state index in [1.54, 1.807) is 12.1 Å². The zero-order valence-electron chi connectivity index (χ0n) is 13.9. The van der Waals surface area contributed by atoms with E-state index in [0.717, 1.165) is 6.33 Å². The average Bonchev–Trinajstić information content (AvgIpc) is 2.65. The van der Waals surface area contributed by atoms with Crippen molar-refractivity contribution in [3.63, 3.8) is 0 Å². The number of nitro groups is 1. The summed E-state index contributed by atoms with van der Waals surface area (Å²) in [5.41, 5.74) is 4.75. The lowest BCUT2D eigenvalue weighted by molar-refractivity contribution is -0.383. The van der Waals surface area contributed by atoms with Crippen LogP contribution >= 0.6 is 23.2 Å². The summed E-state index contributed by atoms with van der Waals surface area (Å²) in [7, 11) is 0. The van der Waals surface area contributed by atoms with Gasteiger partial charge in [-0.05, 0) is 30.3 Å². The van der Waals surface area contributed by atoms with Gasteiger partial charge in [0.05, 0.1) is 4.92 Å². The van der Waals surface area contributed by atoms with E-state index in [1.165, 1.54) is 30.5 Å². The molecule has 3 aromatic rings. The number of hydrazine groups is 1. The highest BCUT2D eigenvalue weighted by Crippen LogP contribution is 2.32. The molecular weight excluding hydrogens is 409 g/mol. The molecule has 28 heavy (non-hydrogen) atoms. The second-order valence-electron chi connectivity index (χ2n) is 5.25. The number of nitrogens with zero attached hydrogens (tertiary/aromatic N) is 4. The fourth-order valence-electron chi connectivity index (χ4n) is 2.17. The largest absolute Gasteiger partial charge is 0.355 e. The van der Waals surface area contributed by atoms with E-state index in [1.807, 2.05) is 0 Å². The van der Waals surface area contributed by atoms with Crippen LogP contribution in [0.15, 0.2) is 48.9 Å². The van der Waals surface area contributed by atoms with Crippen molar-refractivity contribution in [1.82, 2.24) is 20.4 Å². The Morgan fingerprint density at radius 1 is 1.04 bits per heavy atom. The number of pyridine rings is 1. The minimum absolute atomic E-state index is 0.118. The molecule has 2 heterocycles. The van der Waals surface area contributed by atoms with Gasteiger partial charge in [0.2, 0.25) is 11.6 Å². The highest BCUT2D eigenvalue weighted by atomic mass is 35.5. The monoisotopic (exact) mass is 419 g/mol. The number of halogens is 2. The van der Waals surface area contributed by atoms with E-state index < -0.39 is 16.5 Å². The molecule has 0 aliphatic carbocycles. The molecule has 10 nitrogen and oxygen atoms in total. The molecule has 1 amide bonds. The number of benzene rings is 1. The molecular formula is C16H11Cl2N7O3. The van der Waals surface area contributed by atoms with Crippen LogP contribution in [0.3, 0.4) is 0 Å². The number of hydrogen-bond acceptors (Lipinski definition) is 8. The van der Waals surface area contributed by atoms with Crippen LogP contribution in [0.5, 0.6) is 0 Å². The quantitative estimate of drug-likeness (QED) is 0.407. The van der Waals surface area contributed by atoms with Crippen molar-refractivity contribution in [1.29, 1.82) is 0 Å². The predicted octanol–water partition coefficient (Wildman–Crippen LogP) is 3.59. The number of nitrogens with one attached hydrogen (secondary N) is 3. The molecule has 0 unspecified atom stereocenters. The first-order valence-corrected chi connectivity index (χ1v) is 8.39. The van der Waals surface area contributed by atoms with Gasteiger partial charge in [-0.15, -0.1) is 0 Å². The third-order valence-corrected chi connectivity index (χ3v) is 3.76. The van der Waals surface area contributed by atoms with Gasteiger partial charge in [-0.3, -0.25) is 30.7 Å². The molecule has 12 heteroatoms. The molecule has 142 valence electrons. The van der Waals surface area contributed by atoms with E-state index >= 15 is 0 Å². The Morgan fingerprint density at radius 3 is 2.39 bits per heavy atom. The standard InChI is InChI=1S/C16H11Cl2N7O3/c17-9-5-10(18)7-11(6-9)22-14-13(25(27)28)15(21-8-20-14)23-24-16(26)12-3-1-2-4-19-12/h1-8H,(H,24,26)(H2,20,21,22,23). The van der Waals surface area contributed by atoms with Crippen LogP contribution in [0.4, 0.5) is 23.0 Å². The normalized spacial score (nSPS) is 10.2. The third-order valence-electron chi connectivity index (χ3n) is 3.32. The van der Waals surface area contributed by atoms with Gasteiger partial charge >= 0.3 is 5.69 Å². The van der Waals surface area contributed by atoms with Gasteiger partial charge in [0, 0.05) is 21.9 Å². The lowest BCUT2D eigenvalue weighted by atomic mass is 10.3. The number of aromatic nitrogens is 3. The fraction of sp³-hybridized carbons (Fsp3) is 0. The molecule has 0 saturated heterocycles. The van der Waals surface area contributed by atoms with Crippen LogP contribution in [0.1, 0.15) is 10.5 Å². The summed E-state index contributed by atoms with van der Waals surface area (Å²) in [5.74, 6) is -0.933. The second-order valence-corrected chi connectivity index (χ2v) is 6.13. The molecule has 0 fully saturated rings. The maximum absolute atomic E-state index is 12.1. The average molecular weight is 420 g/mol. The van der Waals surface area contributed by atoms with Crippen molar-refractivity contribution in [2.75, 3.05) is 10.7 Å². The zero-order chi connectivity index (χ0) is 20.1. The summed E-state index contributed by atoms with van der Waals surface area (Å²) in [6, 6.07) is 9.33. The number of carbonyl (C=O) groups is 1. The summed E-state index contributed by atoms with van der Waals surface area (Å²) in [6.07, 6.45) is 2.54. The predicted molar refractivity (Wildman–Crippen MR) is 104 cm³/mol. The zero-order valence-corrected chi connectivity index (χ0v) is 15.4. The van der Waals surface area contributed by atoms with Gasteiger partial charge in [0.25, 0.3) is 5.91 Å².